The number of amides is 1. The topological polar surface area (TPSA) is 45.2 Å². The summed E-state index contributed by atoms with van der Waals surface area (Å²) in [7, 11) is 0. The Morgan fingerprint density at radius 3 is 2.94 bits per heavy atom. The number of rotatable bonds is 3. The third-order valence-corrected chi connectivity index (χ3v) is 3.93. The third-order valence-electron chi connectivity index (χ3n) is 3.50. The molecule has 2 aliphatic rings. The van der Waals surface area contributed by atoms with Gasteiger partial charge in [-0.1, -0.05) is 0 Å². The van der Waals surface area contributed by atoms with Crippen LogP contribution in [0.25, 0.3) is 0 Å². The molecule has 0 unspecified atom stereocenters. The monoisotopic (exact) mass is 309 g/mol. The second kappa shape index (κ2) is 4.88. The van der Waals surface area contributed by atoms with Gasteiger partial charge in [0.2, 0.25) is 5.91 Å². The minimum Gasteiger partial charge on any atom is -0.358 e. The van der Waals surface area contributed by atoms with Gasteiger partial charge in [0.1, 0.15) is 6.04 Å². The van der Waals surface area contributed by atoms with Crippen molar-refractivity contribution in [3.63, 3.8) is 0 Å². The zero-order chi connectivity index (χ0) is 12.5. The normalized spacial score (nSPS) is 23.2. The highest BCUT2D eigenvalue weighted by molar-refractivity contribution is 9.10. The average molecular weight is 310 g/mol. The smallest absolute Gasteiger partial charge is 0.242 e. The second-order valence-electron chi connectivity index (χ2n) is 5.00. The predicted octanol–water partition coefficient (Wildman–Crippen LogP) is 2.09. The van der Waals surface area contributed by atoms with Gasteiger partial charge in [-0.2, -0.15) is 0 Å². The number of nitrogens with zero attached hydrogens (tertiary/aromatic N) is 2. The molecule has 1 saturated carbocycles. The standard InChI is InChI=1S/C13H16BrN3O/c14-9-6-11(8-15-7-9)17-5-1-2-12(17)13(18)16-10-3-4-10/h6-8,10,12H,1-5H2,(H,16,18)/t12-/m1/s1. The Balaban J connectivity index is 1.75. The zero-order valence-corrected chi connectivity index (χ0v) is 11.7. The molecule has 1 saturated heterocycles. The molecule has 2 heterocycles. The van der Waals surface area contributed by atoms with Gasteiger partial charge in [0.25, 0.3) is 0 Å². The van der Waals surface area contributed by atoms with E-state index in [1.54, 1.807) is 6.20 Å². The summed E-state index contributed by atoms with van der Waals surface area (Å²) >= 11 is 3.43. The fraction of sp³-hybridized carbons (Fsp3) is 0.538. The summed E-state index contributed by atoms with van der Waals surface area (Å²) in [6.45, 7) is 0.931. The summed E-state index contributed by atoms with van der Waals surface area (Å²) in [6.07, 6.45) is 7.86. The lowest BCUT2D eigenvalue weighted by molar-refractivity contribution is -0.122. The fourth-order valence-corrected chi connectivity index (χ4v) is 2.78. The van der Waals surface area contributed by atoms with Gasteiger partial charge in [-0.25, -0.2) is 0 Å². The Bertz CT molecular complexity index is 461. The molecule has 1 atom stereocenters. The maximum atomic E-state index is 12.2. The van der Waals surface area contributed by atoms with Gasteiger partial charge in [-0.05, 0) is 47.7 Å². The lowest BCUT2D eigenvalue weighted by Crippen LogP contribution is -2.44. The van der Waals surface area contributed by atoms with E-state index < -0.39 is 0 Å². The predicted molar refractivity (Wildman–Crippen MR) is 73.5 cm³/mol. The van der Waals surface area contributed by atoms with Crippen molar-refractivity contribution in [3.8, 4) is 0 Å². The van der Waals surface area contributed by atoms with Crippen LogP contribution in [0.5, 0.6) is 0 Å². The number of carbonyl (C=O) groups is 1. The third kappa shape index (κ3) is 2.51. The first-order valence-electron chi connectivity index (χ1n) is 6.41. The molecule has 1 aliphatic carbocycles. The molecule has 2 fully saturated rings. The first-order valence-corrected chi connectivity index (χ1v) is 7.21. The molecule has 0 bridgehead atoms. The van der Waals surface area contributed by atoms with Crippen LogP contribution in [0.2, 0.25) is 0 Å². The number of carbonyl (C=O) groups excluding carboxylic acids is 1. The van der Waals surface area contributed by atoms with Gasteiger partial charge in [-0.15, -0.1) is 0 Å². The molecule has 1 aromatic heterocycles. The summed E-state index contributed by atoms with van der Waals surface area (Å²) in [5, 5.41) is 3.10. The number of pyridine rings is 1. The number of hydrogen-bond acceptors (Lipinski definition) is 3. The van der Waals surface area contributed by atoms with Crippen LogP contribution >= 0.6 is 15.9 Å². The van der Waals surface area contributed by atoms with Gasteiger partial charge in [0.05, 0.1) is 11.9 Å². The SMILES string of the molecule is O=C(NC1CC1)[C@H]1CCCN1c1cncc(Br)c1. The average Bonchev–Trinajstić information content (AvgIpc) is 3.03. The van der Waals surface area contributed by atoms with Crippen LogP contribution in [0, 0.1) is 0 Å². The zero-order valence-electron chi connectivity index (χ0n) is 10.1. The van der Waals surface area contributed by atoms with E-state index >= 15 is 0 Å². The first kappa shape index (κ1) is 12.0. The molecule has 5 heteroatoms. The molecule has 4 nitrogen and oxygen atoms in total. The van der Waals surface area contributed by atoms with Crippen molar-refractivity contribution in [2.24, 2.45) is 0 Å². The van der Waals surface area contributed by atoms with E-state index in [1.165, 1.54) is 0 Å². The highest BCUT2D eigenvalue weighted by Gasteiger charge is 2.34. The number of halogens is 1. The fourth-order valence-electron chi connectivity index (χ4n) is 2.43. The molecule has 1 aliphatic heterocycles. The van der Waals surface area contributed by atoms with Gasteiger partial charge in [0, 0.05) is 23.3 Å². The maximum absolute atomic E-state index is 12.2. The lowest BCUT2D eigenvalue weighted by Gasteiger charge is -2.25. The Hall–Kier alpha value is -1.10. The van der Waals surface area contributed by atoms with Crippen molar-refractivity contribution in [1.82, 2.24) is 10.3 Å². The number of aromatic nitrogens is 1. The van der Waals surface area contributed by atoms with Crippen molar-refractivity contribution in [1.29, 1.82) is 0 Å². The van der Waals surface area contributed by atoms with Gasteiger partial charge in [0.15, 0.2) is 0 Å². The van der Waals surface area contributed by atoms with Crippen molar-refractivity contribution < 1.29 is 4.79 Å². The van der Waals surface area contributed by atoms with E-state index in [-0.39, 0.29) is 11.9 Å². The molecule has 96 valence electrons. The number of hydrogen-bond donors (Lipinski definition) is 1. The highest BCUT2D eigenvalue weighted by Crippen LogP contribution is 2.28. The van der Waals surface area contributed by atoms with Crippen LogP contribution in [0.3, 0.4) is 0 Å². The molecule has 1 amide bonds. The Kier molecular flexibility index (Phi) is 3.24. The largest absolute Gasteiger partial charge is 0.358 e. The highest BCUT2D eigenvalue weighted by atomic mass is 79.9. The number of anilines is 1. The quantitative estimate of drug-likeness (QED) is 0.930. The molecule has 18 heavy (non-hydrogen) atoms. The van der Waals surface area contributed by atoms with E-state index in [0.29, 0.717) is 6.04 Å². The summed E-state index contributed by atoms with van der Waals surface area (Å²) in [5.74, 6) is 0.176. The van der Waals surface area contributed by atoms with E-state index in [1.807, 2.05) is 12.3 Å². The minimum absolute atomic E-state index is 0.0262. The van der Waals surface area contributed by atoms with Gasteiger partial charge >= 0.3 is 0 Å². The molecule has 0 aromatic carbocycles. The van der Waals surface area contributed by atoms with E-state index in [0.717, 1.165) is 42.4 Å². The van der Waals surface area contributed by atoms with Crippen LogP contribution in [0.1, 0.15) is 25.7 Å². The summed E-state index contributed by atoms with van der Waals surface area (Å²) in [5.41, 5.74) is 1.03. The van der Waals surface area contributed by atoms with Crippen LogP contribution in [-0.4, -0.2) is 29.5 Å². The van der Waals surface area contributed by atoms with E-state index in [2.05, 4.69) is 31.1 Å². The van der Waals surface area contributed by atoms with E-state index in [4.69, 9.17) is 0 Å². The van der Waals surface area contributed by atoms with Crippen molar-refractivity contribution in [2.45, 2.75) is 37.8 Å². The van der Waals surface area contributed by atoms with Crippen LogP contribution in [0.4, 0.5) is 5.69 Å². The molecular formula is C13H16BrN3O. The van der Waals surface area contributed by atoms with E-state index in [9.17, 15) is 4.79 Å². The molecule has 1 aromatic rings. The van der Waals surface area contributed by atoms with Crippen LogP contribution in [0.15, 0.2) is 22.9 Å². The summed E-state index contributed by atoms with van der Waals surface area (Å²) in [6, 6.07) is 2.43. The molecule has 1 N–H and O–H groups in total. The Morgan fingerprint density at radius 1 is 1.39 bits per heavy atom. The molecule has 0 radical (unpaired) electrons. The minimum atomic E-state index is -0.0262. The Labute approximate surface area is 115 Å². The first-order chi connectivity index (χ1) is 8.74. The summed E-state index contributed by atoms with van der Waals surface area (Å²) < 4.78 is 0.952. The van der Waals surface area contributed by atoms with Crippen molar-refractivity contribution in [2.75, 3.05) is 11.4 Å². The van der Waals surface area contributed by atoms with Crippen molar-refractivity contribution in [3.05, 3.63) is 22.9 Å². The molecular weight excluding hydrogens is 294 g/mol. The van der Waals surface area contributed by atoms with Crippen molar-refractivity contribution >= 4 is 27.5 Å². The number of nitrogens with one attached hydrogen (secondary N) is 1. The second-order valence-corrected chi connectivity index (χ2v) is 5.91. The van der Waals surface area contributed by atoms with Gasteiger partial charge < -0.3 is 10.2 Å². The van der Waals surface area contributed by atoms with Crippen LogP contribution in [-0.2, 0) is 4.79 Å². The lowest BCUT2D eigenvalue weighted by atomic mass is 10.2. The van der Waals surface area contributed by atoms with Crippen LogP contribution < -0.4 is 10.2 Å². The Morgan fingerprint density at radius 2 is 2.22 bits per heavy atom. The maximum Gasteiger partial charge on any atom is 0.242 e. The summed E-state index contributed by atoms with van der Waals surface area (Å²) in [4.78, 5) is 18.5. The molecule has 3 rings (SSSR count). The van der Waals surface area contributed by atoms with Gasteiger partial charge in [-0.3, -0.25) is 9.78 Å². The molecule has 0 spiro atoms.